The molecule has 0 unspecified atom stereocenters. The number of thiazole rings is 1. The number of rotatable bonds is 9. The Morgan fingerprint density at radius 3 is 2.79 bits per heavy atom. The molecule has 34 heavy (non-hydrogen) atoms. The first kappa shape index (κ1) is 23.1. The minimum Gasteiger partial charge on any atom is -0.487 e. The summed E-state index contributed by atoms with van der Waals surface area (Å²) in [6, 6.07) is 16.8. The van der Waals surface area contributed by atoms with Crippen molar-refractivity contribution in [3.05, 3.63) is 106 Å². The van der Waals surface area contributed by atoms with Crippen LogP contribution in [0, 0.1) is 12.7 Å². The van der Waals surface area contributed by atoms with E-state index in [9.17, 15) is 9.18 Å². The Morgan fingerprint density at radius 1 is 1.12 bits per heavy atom. The average Bonchev–Trinajstić information content (AvgIpc) is 3.26. The number of nitrogens with one attached hydrogen (secondary N) is 1. The van der Waals surface area contributed by atoms with Crippen molar-refractivity contribution in [1.29, 1.82) is 0 Å². The summed E-state index contributed by atoms with van der Waals surface area (Å²) in [6.07, 6.45) is 4.74. The number of amides is 1. The van der Waals surface area contributed by atoms with Crippen LogP contribution in [0.15, 0.2) is 78.3 Å². The molecule has 0 radical (unpaired) electrons. The van der Waals surface area contributed by atoms with E-state index in [-0.39, 0.29) is 12.5 Å². The van der Waals surface area contributed by atoms with Gasteiger partial charge in [0.15, 0.2) is 0 Å². The molecule has 8 heteroatoms. The van der Waals surface area contributed by atoms with Crippen molar-refractivity contribution in [2.24, 2.45) is 0 Å². The number of carbonyl (C=O) groups is 1. The number of hydrogen-bond donors (Lipinski definition) is 1. The van der Waals surface area contributed by atoms with Gasteiger partial charge in [-0.25, -0.2) is 14.4 Å². The fourth-order valence-electron chi connectivity index (χ4n) is 3.05. The molecule has 0 atom stereocenters. The molecular weight excluding hydrogens is 453 g/mol. The monoisotopic (exact) mass is 475 g/mol. The highest BCUT2D eigenvalue weighted by atomic mass is 32.1. The van der Waals surface area contributed by atoms with Gasteiger partial charge in [0.05, 0.1) is 10.7 Å². The number of halogens is 1. The molecule has 2 aromatic carbocycles. The Hall–Kier alpha value is -4.04. The first-order valence-corrected chi connectivity index (χ1v) is 11.4. The zero-order chi connectivity index (χ0) is 23.8. The SMILES string of the molecule is Cc1nc(COc2cccc(/C=C/C(=O)NCc3cccnc3Oc3cccc(F)c3)c2)cs1. The topological polar surface area (TPSA) is 73.3 Å². The number of aryl methyl sites for hydroxylation is 1. The average molecular weight is 476 g/mol. The van der Waals surface area contributed by atoms with Gasteiger partial charge in [-0.15, -0.1) is 11.3 Å². The molecule has 2 aromatic heterocycles. The summed E-state index contributed by atoms with van der Waals surface area (Å²) in [5.41, 5.74) is 2.39. The third kappa shape index (κ3) is 6.73. The van der Waals surface area contributed by atoms with Crippen LogP contribution in [-0.2, 0) is 17.9 Å². The molecule has 1 amide bonds. The number of carbonyl (C=O) groups excluding carboxylic acids is 1. The highest BCUT2D eigenvalue weighted by Crippen LogP contribution is 2.23. The Balaban J connectivity index is 1.32. The fraction of sp³-hybridized carbons (Fsp3) is 0.115. The van der Waals surface area contributed by atoms with Crippen molar-refractivity contribution in [2.75, 3.05) is 0 Å². The van der Waals surface area contributed by atoms with Crippen LogP contribution in [-0.4, -0.2) is 15.9 Å². The molecule has 2 heterocycles. The highest BCUT2D eigenvalue weighted by molar-refractivity contribution is 7.09. The molecule has 4 rings (SSSR count). The Bertz CT molecular complexity index is 1310. The summed E-state index contributed by atoms with van der Waals surface area (Å²) in [7, 11) is 0. The maximum Gasteiger partial charge on any atom is 0.244 e. The molecule has 1 N–H and O–H groups in total. The van der Waals surface area contributed by atoms with Gasteiger partial charge in [0.1, 0.15) is 23.9 Å². The lowest BCUT2D eigenvalue weighted by Crippen LogP contribution is -2.20. The predicted octanol–water partition coefficient (Wildman–Crippen LogP) is 5.69. The minimum absolute atomic E-state index is 0.206. The number of pyridine rings is 1. The zero-order valence-electron chi connectivity index (χ0n) is 18.4. The normalized spacial score (nSPS) is 10.9. The largest absolute Gasteiger partial charge is 0.487 e. The van der Waals surface area contributed by atoms with Gasteiger partial charge in [-0.3, -0.25) is 4.79 Å². The first-order chi connectivity index (χ1) is 16.5. The second-order valence-electron chi connectivity index (χ2n) is 7.30. The fourth-order valence-corrected chi connectivity index (χ4v) is 3.64. The van der Waals surface area contributed by atoms with Gasteiger partial charge in [-0.2, -0.15) is 0 Å². The van der Waals surface area contributed by atoms with Gasteiger partial charge in [0.2, 0.25) is 11.8 Å². The Labute approximate surface area is 200 Å². The van der Waals surface area contributed by atoms with Crippen molar-refractivity contribution in [3.63, 3.8) is 0 Å². The van der Waals surface area contributed by atoms with Crippen LogP contribution in [0.4, 0.5) is 4.39 Å². The zero-order valence-corrected chi connectivity index (χ0v) is 19.2. The van der Waals surface area contributed by atoms with E-state index in [1.165, 1.54) is 18.2 Å². The van der Waals surface area contributed by atoms with E-state index in [0.29, 0.717) is 29.5 Å². The van der Waals surface area contributed by atoms with Crippen molar-refractivity contribution in [3.8, 4) is 17.4 Å². The lowest BCUT2D eigenvalue weighted by atomic mass is 10.2. The van der Waals surface area contributed by atoms with Gasteiger partial charge in [-0.1, -0.05) is 24.3 Å². The summed E-state index contributed by atoms with van der Waals surface area (Å²) in [5, 5.41) is 5.78. The van der Waals surface area contributed by atoms with Crippen LogP contribution in [0.5, 0.6) is 17.4 Å². The van der Waals surface area contributed by atoms with Gasteiger partial charge in [0.25, 0.3) is 0 Å². The standard InChI is InChI=1S/C26H22FN3O3S/c1-18-30-22(17-34-18)16-32-23-8-2-5-19(13-23)10-11-25(31)29-15-20-6-4-12-28-26(20)33-24-9-3-7-21(27)14-24/h2-14,17H,15-16H2,1H3,(H,29,31)/b11-10+. The molecule has 0 saturated heterocycles. The Kier molecular flexibility index (Phi) is 7.62. The summed E-state index contributed by atoms with van der Waals surface area (Å²) >= 11 is 1.59. The van der Waals surface area contributed by atoms with Crippen molar-refractivity contribution in [1.82, 2.24) is 15.3 Å². The van der Waals surface area contributed by atoms with E-state index in [2.05, 4.69) is 15.3 Å². The van der Waals surface area contributed by atoms with E-state index in [1.807, 2.05) is 36.6 Å². The van der Waals surface area contributed by atoms with Gasteiger partial charge in [-0.05, 0) is 48.9 Å². The second-order valence-corrected chi connectivity index (χ2v) is 8.36. The van der Waals surface area contributed by atoms with Crippen molar-refractivity contribution >= 4 is 23.3 Å². The van der Waals surface area contributed by atoms with Crippen LogP contribution >= 0.6 is 11.3 Å². The lowest BCUT2D eigenvalue weighted by Gasteiger charge is -2.10. The summed E-state index contributed by atoms with van der Waals surface area (Å²) in [6.45, 7) is 2.55. The summed E-state index contributed by atoms with van der Waals surface area (Å²) in [5.74, 6) is 0.657. The van der Waals surface area contributed by atoms with Crippen LogP contribution < -0.4 is 14.8 Å². The molecule has 0 aliphatic heterocycles. The smallest absolute Gasteiger partial charge is 0.244 e. The van der Waals surface area contributed by atoms with Gasteiger partial charge < -0.3 is 14.8 Å². The maximum atomic E-state index is 13.4. The molecule has 0 bridgehead atoms. The maximum absolute atomic E-state index is 13.4. The molecule has 0 fully saturated rings. The predicted molar refractivity (Wildman–Crippen MR) is 129 cm³/mol. The molecule has 4 aromatic rings. The van der Waals surface area contributed by atoms with Crippen LogP contribution in [0.3, 0.4) is 0 Å². The van der Waals surface area contributed by atoms with Gasteiger partial charge >= 0.3 is 0 Å². The number of nitrogens with zero attached hydrogens (tertiary/aromatic N) is 2. The molecule has 6 nitrogen and oxygen atoms in total. The second kappa shape index (κ2) is 11.2. The van der Waals surface area contributed by atoms with E-state index in [0.717, 1.165) is 16.3 Å². The van der Waals surface area contributed by atoms with Crippen LogP contribution in [0.1, 0.15) is 21.8 Å². The summed E-state index contributed by atoms with van der Waals surface area (Å²) < 4.78 is 24.9. The molecule has 172 valence electrons. The number of aromatic nitrogens is 2. The van der Waals surface area contributed by atoms with E-state index in [4.69, 9.17) is 9.47 Å². The van der Waals surface area contributed by atoms with Crippen molar-refractivity contribution < 1.29 is 18.7 Å². The minimum atomic E-state index is -0.402. The first-order valence-electron chi connectivity index (χ1n) is 10.5. The van der Waals surface area contributed by atoms with Crippen LogP contribution in [0.25, 0.3) is 6.08 Å². The summed E-state index contributed by atoms with van der Waals surface area (Å²) in [4.78, 5) is 20.9. The molecule has 0 aliphatic carbocycles. The van der Waals surface area contributed by atoms with E-state index >= 15 is 0 Å². The van der Waals surface area contributed by atoms with Gasteiger partial charge in [0, 0.05) is 35.8 Å². The quantitative estimate of drug-likeness (QED) is 0.315. The van der Waals surface area contributed by atoms with E-state index < -0.39 is 5.82 Å². The Morgan fingerprint density at radius 2 is 1.97 bits per heavy atom. The lowest BCUT2D eigenvalue weighted by molar-refractivity contribution is -0.116. The third-order valence-corrected chi connectivity index (χ3v) is 5.47. The number of benzene rings is 2. The highest BCUT2D eigenvalue weighted by Gasteiger charge is 2.08. The van der Waals surface area contributed by atoms with Crippen molar-refractivity contribution in [2.45, 2.75) is 20.1 Å². The third-order valence-electron chi connectivity index (χ3n) is 4.65. The number of hydrogen-bond acceptors (Lipinski definition) is 6. The molecule has 0 saturated carbocycles. The van der Waals surface area contributed by atoms with Crippen LogP contribution in [0.2, 0.25) is 0 Å². The van der Waals surface area contributed by atoms with E-state index in [1.54, 1.807) is 47.9 Å². The molecular formula is C26H22FN3O3S. The molecule has 0 aliphatic rings. The number of ether oxygens (including phenoxy) is 2. The molecule has 0 spiro atoms.